The number of carbonyl (C=O) groups excluding carboxylic acids is 1. The molecule has 0 fully saturated rings. The van der Waals surface area contributed by atoms with Gasteiger partial charge in [-0.1, -0.05) is 47.6 Å². The summed E-state index contributed by atoms with van der Waals surface area (Å²) in [4.78, 5) is 18.2. The molecule has 5 rings (SSSR count). The van der Waals surface area contributed by atoms with Gasteiger partial charge in [0.15, 0.2) is 0 Å². The monoisotopic (exact) mass is 406 g/mol. The van der Waals surface area contributed by atoms with Gasteiger partial charge in [-0.25, -0.2) is 4.79 Å². The van der Waals surface area contributed by atoms with Crippen LogP contribution in [-0.4, -0.2) is 27.2 Å². The second-order valence-electron chi connectivity index (χ2n) is 7.49. The molecule has 0 bridgehead atoms. The standard InChI is InChI=1S/C24H22N2O2.2H2O/c1-26-21-14-5-4-11-19(21)23-20(13-7-15-22(23)26)25-28-24(27)18-12-6-9-16-8-2-3-10-17(16)18;;/h2-6,9,11-12,14H,7-8,10,13,15H2,1H3;2*1H2/b25-20+;;. The van der Waals surface area contributed by atoms with Crippen molar-refractivity contribution in [2.45, 2.75) is 32.1 Å². The van der Waals surface area contributed by atoms with Gasteiger partial charge in [-0.3, -0.25) is 0 Å². The quantitative estimate of drug-likeness (QED) is 0.370. The molecule has 0 spiro atoms. The smallest absolute Gasteiger partial charge is 0.366 e. The fraction of sp³-hybridized carbons (Fsp3) is 0.250. The Balaban J connectivity index is 0.00000128. The van der Waals surface area contributed by atoms with Gasteiger partial charge in [-0.05, 0) is 55.4 Å². The van der Waals surface area contributed by atoms with Crippen LogP contribution < -0.4 is 0 Å². The van der Waals surface area contributed by atoms with Crippen LogP contribution in [0.3, 0.4) is 0 Å². The van der Waals surface area contributed by atoms with E-state index in [4.69, 9.17) is 4.84 Å². The lowest BCUT2D eigenvalue weighted by Gasteiger charge is -2.16. The van der Waals surface area contributed by atoms with E-state index < -0.39 is 0 Å². The molecule has 0 atom stereocenters. The van der Waals surface area contributed by atoms with E-state index in [0.29, 0.717) is 5.56 Å². The molecule has 1 aromatic heterocycles. The first-order valence-corrected chi connectivity index (χ1v) is 9.84. The number of hydrogen-bond donors (Lipinski definition) is 0. The van der Waals surface area contributed by atoms with E-state index in [1.54, 1.807) is 0 Å². The molecule has 0 radical (unpaired) electrons. The third-order valence-electron chi connectivity index (χ3n) is 5.90. The maximum atomic E-state index is 12.8. The Morgan fingerprint density at radius 2 is 1.80 bits per heavy atom. The molecule has 30 heavy (non-hydrogen) atoms. The summed E-state index contributed by atoms with van der Waals surface area (Å²) in [6.07, 6.45) is 8.74. The predicted octanol–water partition coefficient (Wildman–Crippen LogP) is 3.08. The highest BCUT2D eigenvalue weighted by molar-refractivity contribution is 6.13. The third-order valence-corrected chi connectivity index (χ3v) is 5.90. The van der Waals surface area contributed by atoms with Crippen molar-refractivity contribution in [1.29, 1.82) is 0 Å². The molecule has 0 aliphatic heterocycles. The number of hydrogen-bond acceptors (Lipinski definition) is 3. The molecule has 156 valence electrons. The molecule has 3 aromatic rings. The molecule has 0 saturated carbocycles. The number of carbonyl (C=O) groups is 1. The second-order valence-corrected chi connectivity index (χ2v) is 7.49. The van der Waals surface area contributed by atoms with Crippen molar-refractivity contribution in [2.24, 2.45) is 12.2 Å². The summed E-state index contributed by atoms with van der Waals surface area (Å²) in [5.74, 6) is -0.369. The van der Waals surface area contributed by atoms with Crippen molar-refractivity contribution in [2.75, 3.05) is 0 Å². The van der Waals surface area contributed by atoms with E-state index >= 15 is 0 Å². The summed E-state index contributed by atoms with van der Waals surface area (Å²) in [6, 6.07) is 14.2. The van der Waals surface area contributed by atoms with Crippen LogP contribution in [0, 0.1) is 0 Å². The van der Waals surface area contributed by atoms with Crippen molar-refractivity contribution in [3.05, 3.63) is 82.6 Å². The van der Waals surface area contributed by atoms with Crippen molar-refractivity contribution in [1.82, 2.24) is 4.57 Å². The van der Waals surface area contributed by atoms with Gasteiger partial charge in [-0.15, -0.1) is 0 Å². The largest absolute Gasteiger partial charge is 0.412 e. The highest BCUT2D eigenvalue weighted by atomic mass is 16.7. The fourth-order valence-electron chi connectivity index (χ4n) is 4.52. The van der Waals surface area contributed by atoms with Crippen molar-refractivity contribution < 1.29 is 20.6 Å². The Hall–Kier alpha value is -3.22. The summed E-state index contributed by atoms with van der Waals surface area (Å²) < 4.78 is 2.24. The number of fused-ring (bicyclic) bond motifs is 4. The van der Waals surface area contributed by atoms with E-state index in [0.717, 1.165) is 48.9 Å². The van der Waals surface area contributed by atoms with Crippen molar-refractivity contribution >= 4 is 22.6 Å². The Bertz CT molecular complexity index is 1160. The molecule has 0 unspecified atom stereocenters. The SMILES string of the molecule is Cn1c2c(c3ccccc31)/C(=N/OC(=O)c1cccc3c1CC=CC3)CCC2.O.O. The lowest BCUT2D eigenvalue weighted by molar-refractivity contribution is 0.0514. The van der Waals surface area contributed by atoms with E-state index in [2.05, 4.69) is 53.2 Å². The average Bonchev–Trinajstić information content (AvgIpc) is 3.05. The second kappa shape index (κ2) is 8.65. The summed E-state index contributed by atoms with van der Waals surface area (Å²) in [5.41, 5.74) is 7.34. The summed E-state index contributed by atoms with van der Waals surface area (Å²) in [6.45, 7) is 0. The first kappa shape index (κ1) is 21.5. The minimum Gasteiger partial charge on any atom is -0.412 e. The van der Waals surface area contributed by atoms with Crippen LogP contribution in [0.4, 0.5) is 0 Å². The molecule has 0 saturated heterocycles. The lowest BCUT2D eigenvalue weighted by atomic mass is 9.92. The fourth-order valence-corrected chi connectivity index (χ4v) is 4.52. The molecule has 2 aromatic carbocycles. The maximum Gasteiger partial charge on any atom is 0.366 e. The van der Waals surface area contributed by atoms with E-state index in [-0.39, 0.29) is 16.9 Å². The van der Waals surface area contributed by atoms with Gasteiger partial charge in [0.1, 0.15) is 0 Å². The first-order chi connectivity index (χ1) is 13.7. The Morgan fingerprint density at radius 1 is 1.00 bits per heavy atom. The number of para-hydroxylation sites is 1. The maximum absolute atomic E-state index is 12.8. The number of benzene rings is 2. The van der Waals surface area contributed by atoms with E-state index in [1.807, 2.05) is 18.2 Å². The summed E-state index contributed by atoms with van der Waals surface area (Å²) in [7, 11) is 2.10. The van der Waals surface area contributed by atoms with Gasteiger partial charge in [0.05, 0.1) is 11.3 Å². The summed E-state index contributed by atoms with van der Waals surface area (Å²) in [5, 5.41) is 5.53. The van der Waals surface area contributed by atoms with Gasteiger partial charge in [-0.2, -0.15) is 0 Å². The zero-order chi connectivity index (χ0) is 19.1. The summed E-state index contributed by atoms with van der Waals surface area (Å²) >= 11 is 0. The Kier molecular flexibility index (Phi) is 6.20. The molecular formula is C24H26N2O4. The average molecular weight is 406 g/mol. The van der Waals surface area contributed by atoms with Crippen LogP contribution in [0.15, 0.2) is 59.8 Å². The molecule has 0 amide bonds. The molecular weight excluding hydrogens is 380 g/mol. The molecule has 6 heteroatoms. The number of aryl methyl sites for hydroxylation is 1. The van der Waals surface area contributed by atoms with Crippen LogP contribution in [-0.2, 0) is 31.1 Å². The van der Waals surface area contributed by atoms with Gasteiger partial charge < -0.3 is 20.4 Å². The minimum absolute atomic E-state index is 0. The van der Waals surface area contributed by atoms with Gasteiger partial charge in [0.2, 0.25) is 0 Å². The Morgan fingerprint density at radius 3 is 2.67 bits per heavy atom. The van der Waals surface area contributed by atoms with E-state index in [9.17, 15) is 4.79 Å². The zero-order valence-electron chi connectivity index (χ0n) is 16.9. The minimum atomic E-state index is -0.369. The van der Waals surface area contributed by atoms with Crippen molar-refractivity contribution in [3.8, 4) is 0 Å². The number of nitrogens with zero attached hydrogens (tertiary/aromatic N) is 2. The Labute approximate surface area is 175 Å². The van der Waals surface area contributed by atoms with Crippen molar-refractivity contribution in [3.63, 3.8) is 0 Å². The van der Waals surface area contributed by atoms with Crippen LogP contribution in [0.25, 0.3) is 10.9 Å². The first-order valence-electron chi connectivity index (χ1n) is 9.84. The van der Waals surface area contributed by atoms with Crippen LogP contribution in [0.1, 0.15) is 45.6 Å². The van der Waals surface area contributed by atoms with Gasteiger partial charge >= 0.3 is 5.97 Å². The number of rotatable bonds is 2. The van der Waals surface area contributed by atoms with Gasteiger partial charge in [0, 0.05) is 29.2 Å². The molecule has 2 aliphatic rings. The molecule has 1 heterocycles. The van der Waals surface area contributed by atoms with Crippen LogP contribution in [0.2, 0.25) is 0 Å². The third kappa shape index (κ3) is 3.44. The topological polar surface area (TPSA) is 107 Å². The highest BCUT2D eigenvalue weighted by Crippen LogP contribution is 2.32. The number of aromatic nitrogens is 1. The molecule has 2 aliphatic carbocycles. The van der Waals surface area contributed by atoms with Gasteiger partial charge in [0.25, 0.3) is 0 Å². The van der Waals surface area contributed by atoms with E-state index in [1.165, 1.54) is 22.2 Å². The lowest BCUT2D eigenvalue weighted by Crippen LogP contribution is -2.15. The normalized spacial score (nSPS) is 15.7. The highest BCUT2D eigenvalue weighted by Gasteiger charge is 2.24. The predicted molar refractivity (Wildman–Crippen MR) is 118 cm³/mol. The number of allylic oxidation sites excluding steroid dienone is 2. The molecule has 4 N–H and O–H groups in total. The number of oxime groups is 1. The molecule has 6 nitrogen and oxygen atoms in total. The zero-order valence-corrected chi connectivity index (χ0v) is 16.9. The van der Waals surface area contributed by atoms with Crippen LogP contribution in [0.5, 0.6) is 0 Å². The van der Waals surface area contributed by atoms with Crippen LogP contribution >= 0.6 is 0 Å².